The summed E-state index contributed by atoms with van der Waals surface area (Å²) < 4.78 is 0. The lowest BCUT2D eigenvalue weighted by Crippen LogP contribution is -2.26. The topological polar surface area (TPSA) is 15.3 Å². The third-order valence-corrected chi connectivity index (χ3v) is 2.15. The molecular formula is C12H20N2. The molecule has 0 amide bonds. The van der Waals surface area contributed by atoms with Crippen molar-refractivity contribution in [2.24, 2.45) is 0 Å². The number of hydrogen-bond donors (Lipinski definition) is 1. The first-order chi connectivity index (χ1) is 6.68. The van der Waals surface area contributed by atoms with E-state index in [2.05, 4.69) is 55.5 Å². The van der Waals surface area contributed by atoms with E-state index in [0.717, 1.165) is 19.6 Å². The summed E-state index contributed by atoms with van der Waals surface area (Å²) in [5.41, 5.74) is 2.70. The average molecular weight is 192 g/mol. The summed E-state index contributed by atoms with van der Waals surface area (Å²) in [7, 11) is 4.18. The van der Waals surface area contributed by atoms with Gasteiger partial charge in [0.25, 0.3) is 0 Å². The summed E-state index contributed by atoms with van der Waals surface area (Å²) in [6, 6.07) is 8.62. The van der Waals surface area contributed by atoms with Crippen molar-refractivity contribution >= 4 is 0 Å². The number of benzene rings is 1. The van der Waals surface area contributed by atoms with Gasteiger partial charge in [-0.1, -0.05) is 29.8 Å². The fraction of sp³-hybridized carbons (Fsp3) is 0.500. The number of aryl methyl sites for hydroxylation is 1. The second kappa shape index (κ2) is 5.78. The van der Waals surface area contributed by atoms with Gasteiger partial charge in [0.15, 0.2) is 0 Å². The molecule has 78 valence electrons. The quantitative estimate of drug-likeness (QED) is 0.714. The molecule has 0 saturated heterocycles. The molecule has 0 atom stereocenters. The maximum Gasteiger partial charge on any atom is 0.0206 e. The SMILES string of the molecule is Cc1cccc(CNCCN(C)C)c1. The van der Waals surface area contributed by atoms with E-state index in [0.29, 0.717) is 0 Å². The molecular weight excluding hydrogens is 172 g/mol. The van der Waals surface area contributed by atoms with Crippen LogP contribution in [0.4, 0.5) is 0 Å². The third kappa shape index (κ3) is 4.40. The van der Waals surface area contributed by atoms with Crippen LogP contribution in [0, 0.1) is 6.92 Å². The molecule has 0 aliphatic rings. The number of rotatable bonds is 5. The summed E-state index contributed by atoms with van der Waals surface area (Å²) in [5, 5.41) is 3.42. The van der Waals surface area contributed by atoms with Crippen molar-refractivity contribution in [2.45, 2.75) is 13.5 Å². The standard InChI is InChI=1S/C12H20N2/c1-11-5-4-6-12(9-11)10-13-7-8-14(2)3/h4-6,9,13H,7-8,10H2,1-3H3. The van der Waals surface area contributed by atoms with Crippen LogP contribution in [-0.2, 0) is 6.54 Å². The van der Waals surface area contributed by atoms with Crippen LogP contribution < -0.4 is 5.32 Å². The van der Waals surface area contributed by atoms with Crippen LogP contribution >= 0.6 is 0 Å². The first-order valence-electron chi connectivity index (χ1n) is 5.09. The van der Waals surface area contributed by atoms with Crippen LogP contribution in [0.3, 0.4) is 0 Å². The molecule has 0 aromatic heterocycles. The maximum atomic E-state index is 3.42. The molecule has 2 heteroatoms. The molecule has 0 saturated carbocycles. The Labute approximate surface area is 86.9 Å². The van der Waals surface area contributed by atoms with Gasteiger partial charge < -0.3 is 10.2 Å². The van der Waals surface area contributed by atoms with Gasteiger partial charge in [0, 0.05) is 19.6 Å². The number of nitrogens with one attached hydrogen (secondary N) is 1. The molecule has 0 unspecified atom stereocenters. The van der Waals surface area contributed by atoms with Crippen LogP contribution in [0.2, 0.25) is 0 Å². The molecule has 0 fully saturated rings. The van der Waals surface area contributed by atoms with Crippen molar-refractivity contribution in [3.63, 3.8) is 0 Å². The monoisotopic (exact) mass is 192 g/mol. The van der Waals surface area contributed by atoms with E-state index in [1.54, 1.807) is 0 Å². The molecule has 1 rings (SSSR count). The van der Waals surface area contributed by atoms with Gasteiger partial charge in [0.05, 0.1) is 0 Å². The predicted molar refractivity (Wildman–Crippen MR) is 61.4 cm³/mol. The molecule has 14 heavy (non-hydrogen) atoms. The van der Waals surface area contributed by atoms with E-state index >= 15 is 0 Å². The Morgan fingerprint density at radius 2 is 2.07 bits per heavy atom. The second-order valence-corrected chi connectivity index (χ2v) is 3.97. The van der Waals surface area contributed by atoms with Crippen LogP contribution in [-0.4, -0.2) is 32.1 Å². The van der Waals surface area contributed by atoms with E-state index in [-0.39, 0.29) is 0 Å². The van der Waals surface area contributed by atoms with Crippen LogP contribution in [0.25, 0.3) is 0 Å². The van der Waals surface area contributed by atoms with Gasteiger partial charge in [-0.25, -0.2) is 0 Å². The molecule has 0 heterocycles. The van der Waals surface area contributed by atoms with E-state index in [9.17, 15) is 0 Å². The van der Waals surface area contributed by atoms with Gasteiger partial charge in [-0.05, 0) is 26.6 Å². The Balaban J connectivity index is 2.25. The highest BCUT2D eigenvalue weighted by Crippen LogP contribution is 2.02. The van der Waals surface area contributed by atoms with Crippen molar-refractivity contribution in [2.75, 3.05) is 27.2 Å². The Morgan fingerprint density at radius 1 is 1.29 bits per heavy atom. The lowest BCUT2D eigenvalue weighted by Gasteiger charge is -2.10. The zero-order valence-electron chi connectivity index (χ0n) is 9.38. The predicted octanol–water partition coefficient (Wildman–Crippen LogP) is 1.65. The fourth-order valence-corrected chi connectivity index (χ4v) is 1.36. The molecule has 1 aromatic rings. The van der Waals surface area contributed by atoms with Gasteiger partial charge in [0.2, 0.25) is 0 Å². The molecule has 1 N–H and O–H groups in total. The minimum absolute atomic E-state index is 0.968. The van der Waals surface area contributed by atoms with E-state index in [1.165, 1.54) is 11.1 Å². The van der Waals surface area contributed by atoms with E-state index < -0.39 is 0 Å². The highest BCUT2D eigenvalue weighted by Gasteiger charge is 1.93. The summed E-state index contributed by atoms with van der Waals surface area (Å²) in [4.78, 5) is 2.18. The average Bonchev–Trinajstić information content (AvgIpc) is 2.12. The normalized spacial score (nSPS) is 10.9. The Kier molecular flexibility index (Phi) is 4.63. The molecule has 0 spiro atoms. The van der Waals surface area contributed by atoms with Crippen molar-refractivity contribution in [1.29, 1.82) is 0 Å². The minimum atomic E-state index is 0.968. The zero-order valence-corrected chi connectivity index (χ0v) is 9.38. The highest BCUT2D eigenvalue weighted by atomic mass is 15.1. The van der Waals surface area contributed by atoms with Gasteiger partial charge in [-0.2, -0.15) is 0 Å². The summed E-state index contributed by atoms with van der Waals surface area (Å²) >= 11 is 0. The van der Waals surface area contributed by atoms with Gasteiger partial charge in [-0.15, -0.1) is 0 Å². The number of hydrogen-bond acceptors (Lipinski definition) is 2. The minimum Gasteiger partial charge on any atom is -0.311 e. The Morgan fingerprint density at radius 3 is 2.71 bits per heavy atom. The van der Waals surface area contributed by atoms with E-state index in [4.69, 9.17) is 0 Å². The second-order valence-electron chi connectivity index (χ2n) is 3.97. The van der Waals surface area contributed by atoms with Gasteiger partial charge >= 0.3 is 0 Å². The Hall–Kier alpha value is -0.860. The van der Waals surface area contributed by atoms with Crippen LogP contribution in [0.1, 0.15) is 11.1 Å². The van der Waals surface area contributed by atoms with Crippen LogP contribution in [0.5, 0.6) is 0 Å². The molecule has 1 aromatic carbocycles. The largest absolute Gasteiger partial charge is 0.311 e. The molecule has 2 nitrogen and oxygen atoms in total. The molecule has 0 aliphatic heterocycles. The molecule has 0 bridgehead atoms. The van der Waals surface area contributed by atoms with E-state index in [1.807, 2.05) is 0 Å². The lowest BCUT2D eigenvalue weighted by atomic mass is 10.1. The fourth-order valence-electron chi connectivity index (χ4n) is 1.36. The van der Waals surface area contributed by atoms with Crippen molar-refractivity contribution in [1.82, 2.24) is 10.2 Å². The summed E-state index contributed by atoms with van der Waals surface area (Å²) in [6.07, 6.45) is 0. The first-order valence-corrected chi connectivity index (χ1v) is 5.09. The van der Waals surface area contributed by atoms with Crippen molar-refractivity contribution in [3.8, 4) is 0 Å². The summed E-state index contributed by atoms with van der Waals surface area (Å²) in [5.74, 6) is 0. The van der Waals surface area contributed by atoms with Gasteiger partial charge in [-0.3, -0.25) is 0 Å². The van der Waals surface area contributed by atoms with Gasteiger partial charge in [0.1, 0.15) is 0 Å². The first kappa shape index (κ1) is 11.2. The van der Waals surface area contributed by atoms with Crippen molar-refractivity contribution in [3.05, 3.63) is 35.4 Å². The number of nitrogens with zero attached hydrogens (tertiary/aromatic N) is 1. The maximum absolute atomic E-state index is 3.42. The van der Waals surface area contributed by atoms with Crippen molar-refractivity contribution < 1.29 is 0 Å². The molecule has 0 aliphatic carbocycles. The Bertz CT molecular complexity index is 269. The van der Waals surface area contributed by atoms with Crippen LogP contribution in [0.15, 0.2) is 24.3 Å². The zero-order chi connectivity index (χ0) is 10.4. The smallest absolute Gasteiger partial charge is 0.0206 e. The summed E-state index contributed by atoms with van der Waals surface area (Å²) in [6.45, 7) is 5.23. The highest BCUT2D eigenvalue weighted by molar-refractivity contribution is 5.21. The lowest BCUT2D eigenvalue weighted by molar-refractivity contribution is 0.400. The third-order valence-electron chi connectivity index (χ3n) is 2.15. The number of likely N-dealkylation sites (N-methyl/N-ethyl adjacent to an activating group) is 1. The molecule has 0 radical (unpaired) electrons.